The van der Waals surface area contributed by atoms with E-state index >= 15 is 0 Å². The van der Waals surface area contributed by atoms with Gasteiger partial charge in [0.05, 0.1) is 11.2 Å². The highest BCUT2D eigenvalue weighted by atomic mass is 32.2. The SMILES string of the molecule is Cc1ccc(SC2(C(=O)NCCC(=O)O)CCCC2)cc1. The molecule has 1 aliphatic rings. The number of amides is 1. The first-order chi connectivity index (χ1) is 10.0. The fraction of sp³-hybridized carbons (Fsp3) is 0.500. The van der Waals surface area contributed by atoms with Crippen LogP contribution in [0.25, 0.3) is 0 Å². The molecule has 21 heavy (non-hydrogen) atoms. The van der Waals surface area contributed by atoms with Crippen molar-refractivity contribution < 1.29 is 14.7 Å². The highest BCUT2D eigenvalue weighted by Gasteiger charge is 2.41. The summed E-state index contributed by atoms with van der Waals surface area (Å²) in [5.74, 6) is -0.909. The Morgan fingerprint density at radius 2 is 1.86 bits per heavy atom. The number of carboxylic acids is 1. The Labute approximate surface area is 129 Å². The first-order valence-corrected chi connectivity index (χ1v) is 8.09. The van der Waals surface area contributed by atoms with Crippen molar-refractivity contribution in [3.8, 4) is 0 Å². The van der Waals surface area contributed by atoms with E-state index in [0.717, 1.165) is 30.6 Å². The van der Waals surface area contributed by atoms with Crippen molar-refractivity contribution in [2.45, 2.75) is 48.7 Å². The summed E-state index contributed by atoms with van der Waals surface area (Å²) in [6, 6.07) is 8.19. The van der Waals surface area contributed by atoms with Crippen molar-refractivity contribution in [1.82, 2.24) is 5.32 Å². The molecule has 0 heterocycles. The van der Waals surface area contributed by atoms with Crippen molar-refractivity contribution in [1.29, 1.82) is 0 Å². The lowest BCUT2D eigenvalue weighted by molar-refractivity contribution is -0.137. The second-order valence-corrected chi connectivity index (χ2v) is 6.97. The van der Waals surface area contributed by atoms with Gasteiger partial charge in [-0.25, -0.2) is 0 Å². The number of hydrogen-bond acceptors (Lipinski definition) is 3. The van der Waals surface area contributed by atoms with Gasteiger partial charge in [-0.05, 0) is 31.9 Å². The molecule has 1 aromatic rings. The van der Waals surface area contributed by atoms with Crippen molar-refractivity contribution in [3.63, 3.8) is 0 Å². The number of hydrogen-bond donors (Lipinski definition) is 2. The highest BCUT2D eigenvalue weighted by Crippen LogP contribution is 2.45. The molecule has 0 radical (unpaired) electrons. The normalized spacial score (nSPS) is 16.6. The zero-order valence-electron chi connectivity index (χ0n) is 12.2. The molecule has 1 amide bonds. The predicted molar refractivity (Wildman–Crippen MR) is 83.5 cm³/mol. The van der Waals surface area contributed by atoms with Crippen molar-refractivity contribution in [2.75, 3.05) is 6.54 Å². The molecule has 5 heteroatoms. The Morgan fingerprint density at radius 3 is 2.43 bits per heavy atom. The molecule has 0 bridgehead atoms. The highest BCUT2D eigenvalue weighted by molar-refractivity contribution is 8.01. The van der Waals surface area contributed by atoms with Crippen LogP contribution in [0.2, 0.25) is 0 Å². The minimum atomic E-state index is -0.887. The largest absolute Gasteiger partial charge is 0.481 e. The van der Waals surface area contributed by atoms with Gasteiger partial charge in [-0.1, -0.05) is 30.5 Å². The second kappa shape index (κ2) is 6.98. The molecule has 1 aliphatic carbocycles. The van der Waals surface area contributed by atoms with Gasteiger partial charge < -0.3 is 10.4 Å². The number of aryl methyl sites for hydroxylation is 1. The molecule has 0 aromatic heterocycles. The van der Waals surface area contributed by atoms with Gasteiger partial charge in [-0.3, -0.25) is 9.59 Å². The third kappa shape index (κ3) is 4.24. The lowest BCUT2D eigenvalue weighted by Crippen LogP contribution is -2.43. The zero-order chi connectivity index (χ0) is 15.3. The molecule has 1 aromatic carbocycles. The average molecular weight is 307 g/mol. The van der Waals surface area contributed by atoms with E-state index in [1.807, 2.05) is 31.2 Å². The first kappa shape index (κ1) is 15.9. The van der Waals surface area contributed by atoms with Gasteiger partial charge in [-0.15, -0.1) is 11.8 Å². The van der Waals surface area contributed by atoms with E-state index in [9.17, 15) is 9.59 Å². The Kier molecular flexibility index (Phi) is 5.28. The van der Waals surface area contributed by atoms with Crippen molar-refractivity contribution in [2.24, 2.45) is 0 Å². The van der Waals surface area contributed by atoms with Gasteiger partial charge in [0.25, 0.3) is 0 Å². The summed E-state index contributed by atoms with van der Waals surface area (Å²) in [7, 11) is 0. The number of carbonyl (C=O) groups excluding carboxylic acids is 1. The molecule has 0 aliphatic heterocycles. The van der Waals surface area contributed by atoms with Gasteiger partial charge in [-0.2, -0.15) is 0 Å². The molecule has 0 atom stereocenters. The maximum atomic E-state index is 12.5. The van der Waals surface area contributed by atoms with Gasteiger partial charge in [0.15, 0.2) is 0 Å². The monoisotopic (exact) mass is 307 g/mol. The maximum Gasteiger partial charge on any atom is 0.305 e. The maximum absolute atomic E-state index is 12.5. The van der Waals surface area contributed by atoms with Gasteiger partial charge in [0.1, 0.15) is 0 Å². The van der Waals surface area contributed by atoms with Crippen LogP contribution in [-0.2, 0) is 9.59 Å². The molecule has 1 saturated carbocycles. The van der Waals surface area contributed by atoms with Gasteiger partial charge >= 0.3 is 5.97 Å². The summed E-state index contributed by atoms with van der Waals surface area (Å²) in [6.07, 6.45) is 3.77. The summed E-state index contributed by atoms with van der Waals surface area (Å²) in [5, 5.41) is 11.4. The fourth-order valence-electron chi connectivity index (χ4n) is 2.60. The number of rotatable bonds is 6. The Morgan fingerprint density at radius 1 is 1.24 bits per heavy atom. The quantitative estimate of drug-likeness (QED) is 0.848. The van der Waals surface area contributed by atoms with Crippen molar-refractivity contribution in [3.05, 3.63) is 29.8 Å². The fourth-order valence-corrected chi connectivity index (χ4v) is 3.98. The van der Waals surface area contributed by atoms with Crippen molar-refractivity contribution >= 4 is 23.6 Å². The van der Waals surface area contributed by atoms with Crippen LogP contribution in [0.3, 0.4) is 0 Å². The number of nitrogens with one attached hydrogen (secondary N) is 1. The minimum absolute atomic E-state index is 0.0215. The van der Waals surface area contributed by atoms with E-state index in [1.165, 1.54) is 5.56 Å². The van der Waals surface area contributed by atoms with Gasteiger partial charge in [0, 0.05) is 11.4 Å². The number of thioether (sulfide) groups is 1. The summed E-state index contributed by atoms with van der Waals surface area (Å²) in [5.41, 5.74) is 1.20. The summed E-state index contributed by atoms with van der Waals surface area (Å²) < 4.78 is -0.437. The number of aliphatic carboxylic acids is 1. The average Bonchev–Trinajstić information content (AvgIpc) is 2.91. The Balaban J connectivity index is 2.03. The smallest absolute Gasteiger partial charge is 0.305 e. The predicted octanol–water partition coefficient (Wildman–Crippen LogP) is 2.99. The topological polar surface area (TPSA) is 66.4 Å². The van der Waals surface area contributed by atoms with Crippen LogP contribution in [0, 0.1) is 6.92 Å². The van der Waals surface area contributed by atoms with Crippen LogP contribution < -0.4 is 5.32 Å². The van der Waals surface area contributed by atoms with E-state index in [4.69, 9.17) is 5.11 Å². The Hall–Kier alpha value is -1.49. The number of carbonyl (C=O) groups is 2. The van der Waals surface area contributed by atoms with Crippen LogP contribution in [0.5, 0.6) is 0 Å². The zero-order valence-corrected chi connectivity index (χ0v) is 13.0. The minimum Gasteiger partial charge on any atom is -0.481 e. The second-order valence-electron chi connectivity index (χ2n) is 5.52. The molecule has 2 rings (SSSR count). The number of carboxylic acid groups (broad SMARTS) is 1. The molecule has 0 unspecified atom stereocenters. The molecule has 1 fully saturated rings. The molecule has 114 valence electrons. The third-order valence-corrected chi connectivity index (χ3v) is 5.28. The molecule has 2 N–H and O–H groups in total. The molecule has 0 saturated heterocycles. The lowest BCUT2D eigenvalue weighted by Gasteiger charge is -2.27. The first-order valence-electron chi connectivity index (χ1n) is 7.28. The van der Waals surface area contributed by atoms with Crippen LogP contribution in [0.1, 0.15) is 37.7 Å². The van der Waals surface area contributed by atoms with E-state index < -0.39 is 10.7 Å². The van der Waals surface area contributed by atoms with Crippen LogP contribution >= 0.6 is 11.8 Å². The van der Waals surface area contributed by atoms with Crippen LogP contribution in [-0.4, -0.2) is 28.3 Å². The summed E-state index contributed by atoms with van der Waals surface area (Å²) in [4.78, 5) is 24.1. The van der Waals surface area contributed by atoms with E-state index in [1.54, 1.807) is 11.8 Å². The summed E-state index contributed by atoms with van der Waals surface area (Å²) >= 11 is 1.61. The van der Waals surface area contributed by atoms with E-state index in [2.05, 4.69) is 5.32 Å². The molecular formula is C16H21NO3S. The molecule has 4 nitrogen and oxygen atoms in total. The van der Waals surface area contributed by atoms with E-state index in [0.29, 0.717) is 0 Å². The molecule has 0 spiro atoms. The number of benzene rings is 1. The summed E-state index contributed by atoms with van der Waals surface area (Å²) in [6.45, 7) is 2.24. The van der Waals surface area contributed by atoms with Crippen LogP contribution in [0.4, 0.5) is 0 Å². The van der Waals surface area contributed by atoms with Crippen LogP contribution in [0.15, 0.2) is 29.2 Å². The van der Waals surface area contributed by atoms with Gasteiger partial charge in [0.2, 0.25) is 5.91 Å². The van der Waals surface area contributed by atoms with E-state index in [-0.39, 0.29) is 18.9 Å². The Bertz CT molecular complexity index is 507. The lowest BCUT2D eigenvalue weighted by atomic mass is 10.1. The molecular weight excluding hydrogens is 286 g/mol. The standard InChI is InChI=1S/C16H21NO3S/c1-12-4-6-13(7-5-12)21-16(9-2-3-10-16)15(20)17-11-8-14(18)19/h4-7H,2-3,8-11H2,1H3,(H,17,20)(H,18,19). The third-order valence-electron chi connectivity index (χ3n) is 3.78.